The standard InChI is InChI=1S/C75H44N5O.Ir.Pt/c1-2-18-57-49-80-72(46-54(57)16-1)61-42-55-17-3-4-24-67(55)73(48-61)81-74-47-56(75-78-40-15-41-79-75)36-37-69(74)68-25-10-9-23-66(68)60-44-58(64-21-7-5-19-62(64)50-28-32-52(33-29-50)70-26-11-13-38-76-70)43-59(45-60)65-22-8-6-20-63(65)51-30-34-53(35-31-51)71-27-12-14-39-77-71;;/h1-32,34,37-46,49H;;/q-5;+3;+2. The van der Waals surface area contributed by atoms with Crippen molar-refractivity contribution >= 4 is 21.5 Å². The first-order valence-electron chi connectivity index (χ1n) is 26.7. The van der Waals surface area contributed by atoms with Gasteiger partial charge in [-0.15, -0.1) is 76.9 Å². The fourth-order valence-corrected chi connectivity index (χ4v) is 10.6. The Morgan fingerprint density at radius 2 is 0.807 bits per heavy atom. The van der Waals surface area contributed by atoms with E-state index >= 15 is 0 Å². The Labute approximate surface area is 510 Å². The van der Waals surface area contributed by atoms with Crippen molar-refractivity contribution in [1.82, 2.24) is 24.9 Å². The summed E-state index contributed by atoms with van der Waals surface area (Å²) in [5.74, 6) is 1.48. The van der Waals surface area contributed by atoms with Crippen molar-refractivity contribution in [2.45, 2.75) is 0 Å². The molecule has 6 nitrogen and oxygen atoms in total. The van der Waals surface area contributed by atoms with Crippen LogP contribution in [0.25, 0.3) is 133 Å². The van der Waals surface area contributed by atoms with Crippen LogP contribution in [0.3, 0.4) is 0 Å². The maximum atomic E-state index is 7.24. The van der Waals surface area contributed by atoms with E-state index in [1.807, 2.05) is 85.3 Å². The summed E-state index contributed by atoms with van der Waals surface area (Å²) in [4.78, 5) is 23.3. The number of benzene rings is 10. The van der Waals surface area contributed by atoms with E-state index in [0.717, 1.165) is 122 Å². The predicted molar refractivity (Wildman–Crippen MR) is 325 cm³/mol. The van der Waals surface area contributed by atoms with Crippen molar-refractivity contribution in [3.8, 4) is 123 Å². The molecule has 0 saturated heterocycles. The van der Waals surface area contributed by atoms with E-state index < -0.39 is 0 Å². The van der Waals surface area contributed by atoms with Crippen LogP contribution in [0.5, 0.6) is 11.5 Å². The summed E-state index contributed by atoms with van der Waals surface area (Å²) >= 11 is 0. The zero-order valence-electron chi connectivity index (χ0n) is 44.2. The molecule has 14 aromatic rings. The summed E-state index contributed by atoms with van der Waals surface area (Å²) in [6.45, 7) is 0. The van der Waals surface area contributed by atoms with Gasteiger partial charge in [0.2, 0.25) is 0 Å². The summed E-state index contributed by atoms with van der Waals surface area (Å²) in [6.07, 6.45) is 8.98. The maximum absolute atomic E-state index is 7.24. The molecule has 0 atom stereocenters. The number of rotatable bonds is 12. The molecule has 0 bridgehead atoms. The molecule has 0 aliphatic carbocycles. The molecule has 0 spiro atoms. The van der Waals surface area contributed by atoms with Gasteiger partial charge in [0.15, 0.2) is 0 Å². The second-order valence-electron chi connectivity index (χ2n) is 19.6. The minimum absolute atomic E-state index is 0. The van der Waals surface area contributed by atoms with E-state index in [-0.39, 0.29) is 41.2 Å². The number of ether oxygens (including phenoxy) is 1. The second kappa shape index (κ2) is 24.2. The monoisotopic (exact) mass is 1420 g/mol. The zero-order chi connectivity index (χ0) is 53.9. The summed E-state index contributed by atoms with van der Waals surface area (Å²) in [7, 11) is 0. The molecule has 0 fully saturated rings. The average molecular weight is 1420 g/mol. The minimum atomic E-state index is 0. The molecule has 0 radical (unpaired) electrons. The van der Waals surface area contributed by atoms with E-state index in [2.05, 4.69) is 214 Å². The van der Waals surface area contributed by atoms with Gasteiger partial charge in [-0.2, -0.15) is 0 Å². The number of aromatic nitrogens is 5. The van der Waals surface area contributed by atoms with Crippen LogP contribution in [0.4, 0.5) is 0 Å². The van der Waals surface area contributed by atoms with Gasteiger partial charge in [0.05, 0.1) is 0 Å². The van der Waals surface area contributed by atoms with Gasteiger partial charge in [0.25, 0.3) is 0 Å². The molecule has 10 aromatic carbocycles. The van der Waals surface area contributed by atoms with Crippen LogP contribution in [-0.2, 0) is 41.2 Å². The van der Waals surface area contributed by atoms with Gasteiger partial charge in [-0.25, -0.2) is 17.7 Å². The van der Waals surface area contributed by atoms with Crippen molar-refractivity contribution in [2.24, 2.45) is 0 Å². The number of hydrogen-bond donors (Lipinski definition) is 0. The van der Waals surface area contributed by atoms with Gasteiger partial charge in [0.1, 0.15) is 0 Å². The van der Waals surface area contributed by atoms with E-state index in [0.29, 0.717) is 22.9 Å². The average Bonchev–Trinajstić information content (AvgIpc) is 3.61. The quantitative estimate of drug-likeness (QED) is 0.114. The van der Waals surface area contributed by atoms with E-state index in [4.69, 9.17) is 9.72 Å². The Bertz CT molecular complexity index is 4460. The van der Waals surface area contributed by atoms with Crippen molar-refractivity contribution in [3.05, 3.63) is 298 Å². The first-order valence-corrected chi connectivity index (χ1v) is 26.7. The summed E-state index contributed by atoms with van der Waals surface area (Å²) in [5.41, 5.74) is 17.9. The van der Waals surface area contributed by atoms with Gasteiger partial charge in [0, 0.05) is 36.7 Å². The third kappa shape index (κ3) is 11.1. The van der Waals surface area contributed by atoms with Crippen LogP contribution in [0.15, 0.2) is 268 Å². The smallest absolute Gasteiger partial charge is 0.514 e. The van der Waals surface area contributed by atoms with Gasteiger partial charge in [-0.3, -0.25) is 6.07 Å². The first kappa shape index (κ1) is 54.0. The van der Waals surface area contributed by atoms with E-state index in [1.165, 1.54) is 0 Å². The van der Waals surface area contributed by atoms with Crippen LogP contribution < -0.4 is 4.74 Å². The Morgan fingerprint density at radius 3 is 1.36 bits per heavy atom. The Morgan fingerprint density at radius 1 is 0.313 bits per heavy atom. The molecular formula is C75H44IrN5OPt. The van der Waals surface area contributed by atoms with Crippen molar-refractivity contribution in [3.63, 3.8) is 0 Å². The molecule has 4 aromatic heterocycles. The van der Waals surface area contributed by atoms with Crippen molar-refractivity contribution < 1.29 is 45.9 Å². The van der Waals surface area contributed by atoms with E-state index in [1.54, 1.807) is 18.5 Å². The fourth-order valence-electron chi connectivity index (χ4n) is 10.6. The van der Waals surface area contributed by atoms with Gasteiger partial charge < -0.3 is 29.7 Å². The molecule has 0 N–H and O–H groups in total. The molecule has 14 rings (SSSR count). The van der Waals surface area contributed by atoms with Crippen LogP contribution >= 0.6 is 0 Å². The molecule has 0 saturated carbocycles. The van der Waals surface area contributed by atoms with Gasteiger partial charge >= 0.3 is 41.2 Å². The molecule has 0 unspecified atom stereocenters. The molecule has 0 amide bonds. The molecule has 0 aliphatic rings. The fraction of sp³-hybridized carbons (Fsp3) is 0. The Kier molecular flexibility index (Phi) is 15.8. The SMILES string of the molecule is [Ir+3].[Pt+2].[c-]1cc(-c2ccccc2-c2cc(-c3ccccc3-c3c[c-]c(-c4ccccn4)cc3)cc(-c3ccccc3-c3c[c-]c(-c4ccccn4)cc3)c2)c(Oc2[c-]c(-c3cc4ccccc4cn3)cc3ccccc23)[c-]c1-c1ncccn1. The minimum Gasteiger partial charge on any atom is -0.514 e. The molecule has 0 aliphatic heterocycles. The molecule has 8 heteroatoms. The zero-order valence-corrected chi connectivity index (χ0v) is 48.9. The third-order valence-corrected chi connectivity index (χ3v) is 14.6. The van der Waals surface area contributed by atoms with Crippen molar-refractivity contribution in [2.75, 3.05) is 0 Å². The summed E-state index contributed by atoms with van der Waals surface area (Å²) in [6, 6.07) is 99.4. The normalized spacial score (nSPS) is 10.9. The number of pyridine rings is 3. The van der Waals surface area contributed by atoms with Crippen LogP contribution in [0, 0.1) is 30.3 Å². The van der Waals surface area contributed by atoms with Gasteiger partial charge in [-0.1, -0.05) is 196 Å². The molecular weight excluding hydrogens is 1370 g/mol. The Hall–Kier alpha value is -9.61. The summed E-state index contributed by atoms with van der Waals surface area (Å²) < 4.78 is 7.24. The molecule has 394 valence electrons. The molecule has 83 heavy (non-hydrogen) atoms. The second-order valence-corrected chi connectivity index (χ2v) is 19.6. The van der Waals surface area contributed by atoms with Crippen LogP contribution in [0.2, 0.25) is 0 Å². The first-order chi connectivity index (χ1) is 40.1. The Balaban J connectivity index is 0.00000340. The summed E-state index contributed by atoms with van der Waals surface area (Å²) in [5, 5.41) is 4.03. The largest absolute Gasteiger partial charge is 3.00 e. The predicted octanol–water partition coefficient (Wildman–Crippen LogP) is 18.4. The van der Waals surface area contributed by atoms with E-state index in [9.17, 15) is 0 Å². The van der Waals surface area contributed by atoms with Crippen LogP contribution in [-0.4, -0.2) is 24.9 Å². The van der Waals surface area contributed by atoms with Crippen LogP contribution in [0.1, 0.15) is 0 Å². The number of nitrogens with zero attached hydrogens (tertiary/aromatic N) is 5. The number of hydrogen-bond acceptors (Lipinski definition) is 6. The van der Waals surface area contributed by atoms with Gasteiger partial charge in [-0.05, 0) is 109 Å². The number of fused-ring (bicyclic) bond motifs is 2. The third-order valence-electron chi connectivity index (χ3n) is 14.6. The maximum Gasteiger partial charge on any atom is 3.00 e. The molecule has 4 heterocycles. The topological polar surface area (TPSA) is 73.7 Å². The van der Waals surface area contributed by atoms with Crippen molar-refractivity contribution in [1.29, 1.82) is 0 Å².